The number of nitrogens with zero attached hydrogens (tertiary/aromatic N) is 2. The average molecular weight is 542 g/mol. The summed E-state index contributed by atoms with van der Waals surface area (Å²) in [6, 6.07) is 6.11. The van der Waals surface area contributed by atoms with Crippen molar-refractivity contribution in [1.82, 2.24) is 9.80 Å². The van der Waals surface area contributed by atoms with Crippen LogP contribution in [0.15, 0.2) is 18.2 Å². The Labute approximate surface area is 233 Å². The topological polar surface area (TPSA) is 113 Å². The average Bonchev–Trinajstić information content (AvgIpc) is 3.61. The molecule has 3 aliphatic rings. The third-order valence-corrected chi connectivity index (χ3v) is 9.33. The number of carbonyl (C=O) groups excluding carboxylic acids is 2. The Kier molecular flexibility index (Phi) is 9.91. The predicted molar refractivity (Wildman–Crippen MR) is 151 cm³/mol. The molecule has 1 aromatic rings. The number of hydrogen-bond acceptors (Lipinski definition) is 5. The minimum absolute atomic E-state index is 0.109. The zero-order valence-corrected chi connectivity index (χ0v) is 23.8. The fraction of sp³-hybridized carbons (Fsp3) is 0.710. The van der Waals surface area contributed by atoms with E-state index in [9.17, 15) is 19.5 Å². The highest BCUT2D eigenvalue weighted by molar-refractivity contribution is 5.79. The molecule has 8 nitrogen and oxygen atoms in total. The van der Waals surface area contributed by atoms with Crippen LogP contribution in [0, 0.1) is 17.3 Å². The van der Waals surface area contributed by atoms with Crippen LogP contribution in [0.5, 0.6) is 5.75 Å². The number of aliphatic carboxylic acids is 1. The minimum Gasteiger partial charge on any atom is -0.493 e. The molecule has 0 radical (unpaired) electrons. The van der Waals surface area contributed by atoms with Crippen LogP contribution in [0.3, 0.4) is 0 Å². The lowest BCUT2D eigenvalue weighted by Gasteiger charge is -2.36. The summed E-state index contributed by atoms with van der Waals surface area (Å²) in [6.07, 6.45) is 7.53. The van der Waals surface area contributed by atoms with Gasteiger partial charge in [0, 0.05) is 45.4 Å². The number of hydrogen-bond donors (Lipinski definition) is 2. The van der Waals surface area contributed by atoms with Crippen LogP contribution in [0.4, 0.5) is 0 Å². The van der Waals surface area contributed by atoms with Crippen molar-refractivity contribution in [3.63, 3.8) is 0 Å². The number of carboxylic acid groups (broad SMARTS) is 1. The highest BCUT2D eigenvalue weighted by Crippen LogP contribution is 2.58. The van der Waals surface area contributed by atoms with E-state index >= 15 is 0 Å². The monoisotopic (exact) mass is 541 g/mol. The van der Waals surface area contributed by atoms with E-state index < -0.39 is 17.3 Å². The van der Waals surface area contributed by atoms with Crippen molar-refractivity contribution in [2.24, 2.45) is 23.0 Å². The van der Waals surface area contributed by atoms with E-state index in [-0.39, 0.29) is 23.7 Å². The standard InChI is InChI=1S/C31H47N3O5/c1-3-4-14-33(15-6-5-13-32)28(36)21-31(2)20-24(22-9-10-26-23(19-22)12-18-39-26)29(30(37)38)25(31)11-17-34-16-7-8-27(34)35/h9-10,19,24-25,29H,3-8,11-18,20-21,32H2,1-2H3,(H,37,38)/t24-,25+,29-,31?/m1/s1. The van der Waals surface area contributed by atoms with Crippen molar-refractivity contribution < 1.29 is 24.2 Å². The highest BCUT2D eigenvalue weighted by Gasteiger charge is 2.55. The van der Waals surface area contributed by atoms with E-state index in [1.807, 2.05) is 21.9 Å². The molecule has 1 saturated carbocycles. The highest BCUT2D eigenvalue weighted by atomic mass is 16.5. The van der Waals surface area contributed by atoms with E-state index in [1.54, 1.807) is 0 Å². The molecule has 216 valence electrons. The molecular weight excluding hydrogens is 494 g/mol. The van der Waals surface area contributed by atoms with Gasteiger partial charge in [0.1, 0.15) is 5.75 Å². The maximum absolute atomic E-state index is 13.8. The lowest BCUT2D eigenvalue weighted by atomic mass is 9.72. The van der Waals surface area contributed by atoms with Gasteiger partial charge in [-0.3, -0.25) is 14.4 Å². The van der Waals surface area contributed by atoms with E-state index in [4.69, 9.17) is 10.5 Å². The van der Waals surface area contributed by atoms with Gasteiger partial charge in [-0.25, -0.2) is 0 Å². The van der Waals surface area contributed by atoms with Gasteiger partial charge in [0.2, 0.25) is 11.8 Å². The first-order valence-electron chi connectivity index (χ1n) is 15.0. The Morgan fingerprint density at radius 3 is 2.69 bits per heavy atom. The SMILES string of the molecule is CCCCN(CCCCN)C(=O)CC1(C)C[C@H](c2ccc3c(c2)CCO3)[C@@H](C(=O)O)[C@@H]1CCN1CCCC1=O. The quantitative estimate of drug-likeness (QED) is 0.341. The molecule has 0 bridgehead atoms. The summed E-state index contributed by atoms with van der Waals surface area (Å²) in [6.45, 7) is 8.21. The Morgan fingerprint density at radius 2 is 2.00 bits per heavy atom. The summed E-state index contributed by atoms with van der Waals surface area (Å²) < 4.78 is 5.70. The zero-order chi connectivity index (χ0) is 28.0. The molecule has 3 N–H and O–H groups in total. The number of likely N-dealkylation sites (tertiary alicyclic amines) is 1. The number of unbranched alkanes of at least 4 members (excludes halogenated alkanes) is 2. The summed E-state index contributed by atoms with van der Waals surface area (Å²) in [5, 5.41) is 10.6. The van der Waals surface area contributed by atoms with Crippen LogP contribution < -0.4 is 10.5 Å². The Morgan fingerprint density at radius 1 is 1.21 bits per heavy atom. The number of carbonyl (C=O) groups is 3. The number of benzene rings is 1. The van der Waals surface area contributed by atoms with Crippen molar-refractivity contribution in [3.05, 3.63) is 29.3 Å². The number of fused-ring (bicyclic) bond motifs is 1. The van der Waals surface area contributed by atoms with Crippen molar-refractivity contribution >= 4 is 17.8 Å². The van der Waals surface area contributed by atoms with Gasteiger partial charge in [0.15, 0.2) is 0 Å². The van der Waals surface area contributed by atoms with Crippen molar-refractivity contribution in [3.8, 4) is 5.75 Å². The van der Waals surface area contributed by atoms with Crippen molar-refractivity contribution in [2.45, 2.75) is 84.0 Å². The molecule has 0 aromatic heterocycles. The van der Waals surface area contributed by atoms with Crippen molar-refractivity contribution in [1.29, 1.82) is 0 Å². The third kappa shape index (κ3) is 6.76. The second-order valence-electron chi connectivity index (χ2n) is 12.1. The second kappa shape index (κ2) is 13.2. The Bertz CT molecular complexity index is 1030. The lowest BCUT2D eigenvalue weighted by Crippen LogP contribution is -2.40. The molecule has 1 unspecified atom stereocenters. The van der Waals surface area contributed by atoms with Gasteiger partial charge >= 0.3 is 5.97 Å². The van der Waals surface area contributed by atoms with Gasteiger partial charge in [0.25, 0.3) is 0 Å². The van der Waals surface area contributed by atoms with E-state index in [0.717, 1.165) is 68.5 Å². The van der Waals surface area contributed by atoms with Crippen LogP contribution in [0.1, 0.15) is 88.7 Å². The lowest BCUT2D eigenvalue weighted by molar-refractivity contribution is -0.145. The Balaban J connectivity index is 1.61. The molecule has 2 amide bonds. The first kappa shape index (κ1) is 29.4. The molecule has 0 spiro atoms. The number of nitrogens with two attached hydrogens (primary N) is 1. The van der Waals surface area contributed by atoms with E-state index in [0.29, 0.717) is 51.9 Å². The van der Waals surface area contributed by atoms with Crippen LogP contribution in [0.2, 0.25) is 0 Å². The van der Waals surface area contributed by atoms with Gasteiger partial charge in [0.05, 0.1) is 12.5 Å². The molecular formula is C31H47N3O5. The molecule has 4 atom stereocenters. The maximum Gasteiger partial charge on any atom is 0.307 e. The summed E-state index contributed by atoms with van der Waals surface area (Å²) >= 11 is 0. The molecule has 8 heteroatoms. The fourth-order valence-corrected chi connectivity index (χ4v) is 7.18. The van der Waals surface area contributed by atoms with E-state index in [1.165, 1.54) is 0 Å². The zero-order valence-electron chi connectivity index (χ0n) is 23.8. The largest absolute Gasteiger partial charge is 0.493 e. The van der Waals surface area contributed by atoms with Crippen LogP contribution in [-0.2, 0) is 20.8 Å². The van der Waals surface area contributed by atoms with Crippen LogP contribution >= 0.6 is 0 Å². The van der Waals surface area contributed by atoms with Gasteiger partial charge in [-0.1, -0.05) is 32.4 Å². The molecule has 1 aliphatic carbocycles. The first-order chi connectivity index (χ1) is 18.8. The van der Waals surface area contributed by atoms with Crippen LogP contribution in [0.25, 0.3) is 0 Å². The summed E-state index contributed by atoms with van der Waals surface area (Å²) in [5.41, 5.74) is 7.38. The van der Waals surface area contributed by atoms with Gasteiger partial charge in [-0.05, 0) is 79.5 Å². The Hall–Kier alpha value is -2.61. The van der Waals surface area contributed by atoms with Gasteiger partial charge in [-0.15, -0.1) is 0 Å². The van der Waals surface area contributed by atoms with Gasteiger partial charge < -0.3 is 25.4 Å². The number of rotatable bonds is 14. The minimum atomic E-state index is -0.809. The molecule has 2 aliphatic heterocycles. The molecule has 2 heterocycles. The molecule has 4 rings (SSSR count). The second-order valence-corrected chi connectivity index (χ2v) is 12.1. The first-order valence-corrected chi connectivity index (χ1v) is 15.0. The fourth-order valence-electron chi connectivity index (χ4n) is 7.18. The van der Waals surface area contributed by atoms with Crippen LogP contribution in [-0.4, -0.2) is 72.0 Å². The predicted octanol–water partition coefficient (Wildman–Crippen LogP) is 4.20. The van der Waals surface area contributed by atoms with Gasteiger partial charge in [-0.2, -0.15) is 0 Å². The molecule has 1 aromatic carbocycles. The number of amides is 2. The molecule has 39 heavy (non-hydrogen) atoms. The molecule has 2 fully saturated rings. The maximum atomic E-state index is 13.8. The summed E-state index contributed by atoms with van der Waals surface area (Å²) in [7, 11) is 0. The molecule has 1 saturated heterocycles. The third-order valence-electron chi connectivity index (χ3n) is 9.33. The number of ether oxygens (including phenoxy) is 1. The van der Waals surface area contributed by atoms with Crippen molar-refractivity contribution in [2.75, 3.05) is 39.3 Å². The normalized spacial score (nSPS) is 26.1. The smallest absolute Gasteiger partial charge is 0.307 e. The number of carboxylic acids is 1. The van der Waals surface area contributed by atoms with E-state index in [2.05, 4.69) is 19.9 Å². The summed E-state index contributed by atoms with van der Waals surface area (Å²) in [4.78, 5) is 42.9. The summed E-state index contributed by atoms with van der Waals surface area (Å²) in [5.74, 6) is -0.671.